The quantitative estimate of drug-likeness (QED) is 0.131. The number of aromatic nitrogens is 2. The van der Waals surface area contributed by atoms with Crippen molar-refractivity contribution in [2.24, 2.45) is 0 Å². The summed E-state index contributed by atoms with van der Waals surface area (Å²) in [6, 6.07) is 17.4. The van der Waals surface area contributed by atoms with Gasteiger partial charge < -0.3 is 14.0 Å². The number of halogens is 8. The summed E-state index contributed by atoms with van der Waals surface area (Å²) in [6.45, 7) is -4.49. The Balaban J connectivity index is 1.76. The van der Waals surface area contributed by atoms with Crippen molar-refractivity contribution in [3.63, 3.8) is 0 Å². The topological polar surface area (TPSA) is 39.5 Å². The second-order valence-electron chi connectivity index (χ2n) is 9.91. The molecule has 0 radical (unpaired) electrons. The van der Waals surface area contributed by atoms with E-state index in [1.165, 1.54) is 34.9 Å². The minimum Gasteiger partial charge on any atom is -0.435 e. The van der Waals surface area contributed by atoms with Gasteiger partial charge >= 0.3 is 19.4 Å². The maximum Gasteiger partial charge on any atom is 0.435 e. The zero-order valence-corrected chi connectivity index (χ0v) is 23.5. The smallest absolute Gasteiger partial charge is 0.435 e. The van der Waals surface area contributed by atoms with Gasteiger partial charge in [-0.2, -0.15) is 30.7 Å². The van der Waals surface area contributed by atoms with Crippen LogP contribution >= 0.6 is 0 Å². The molecule has 4 aromatic rings. The number of ether oxygens (including phenoxy) is 2. The SMILES string of the molecule is CCCCn1c(-c2ccccc2)nc(C(F)(F)F)c1CN(Cc1ccc(OC(F)F)cc1)Cc1ccc(OC(F)F)c(F)c1. The average molecular weight is 628 g/mol. The van der Waals surface area contributed by atoms with Crippen molar-refractivity contribution in [2.75, 3.05) is 0 Å². The number of imidazole rings is 1. The Hall–Kier alpha value is -4.13. The largest absolute Gasteiger partial charge is 0.435 e. The number of hydrogen-bond donors (Lipinski definition) is 0. The summed E-state index contributed by atoms with van der Waals surface area (Å²) in [4.78, 5) is 5.63. The number of nitrogens with zero attached hydrogens (tertiary/aromatic N) is 3. The van der Waals surface area contributed by atoms with Gasteiger partial charge in [0, 0.05) is 31.7 Å². The fourth-order valence-corrected chi connectivity index (χ4v) is 4.74. The molecule has 13 heteroatoms. The van der Waals surface area contributed by atoms with Crippen molar-refractivity contribution in [1.29, 1.82) is 0 Å². The summed E-state index contributed by atoms with van der Waals surface area (Å²) in [7, 11) is 0. The first kappa shape index (κ1) is 32.8. The summed E-state index contributed by atoms with van der Waals surface area (Å²) in [5, 5.41) is 0. The highest BCUT2D eigenvalue weighted by atomic mass is 19.4. The number of alkyl halides is 7. The molecule has 1 heterocycles. The zero-order chi connectivity index (χ0) is 31.9. The lowest BCUT2D eigenvalue weighted by Crippen LogP contribution is -2.26. The molecule has 0 atom stereocenters. The maximum absolute atomic E-state index is 14.6. The molecule has 0 saturated carbocycles. The summed E-state index contributed by atoms with van der Waals surface area (Å²) in [5.41, 5.74) is 0.142. The van der Waals surface area contributed by atoms with Crippen molar-refractivity contribution in [2.45, 2.75) is 65.3 Å². The Labute approximate surface area is 248 Å². The molecule has 5 nitrogen and oxygen atoms in total. The Morgan fingerprint density at radius 2 is 1.45 bits per heavy atom. The third kappa shape index (κ3) is 8.71. The molecule has 0 aliphatic rings. The van der Waals surface area contributed by atoms with Crippen LogP contribution in [0, 0.1) is 5.82 Å². The highest BCUT2D eigenvalue weighted by molar-refractivity contribution is 5.57. The number of hydrogen-bond acceptors (Lipinski definition) is 4. The third-order valence-corrected chi connectivity index (χ3v) is 6.65. The highest BCUT2D eigenvalue weighted by Crippen LogP contribution is 2.36. The Bertz CT molecular complexity index is 1490. The molecule has 0 aliphatic heterocycles. The zero-order valence-electron chi connectivity index (χ0n) is 23.5. The van der Waals surface area contributed by atoms with Gasteiger partial charge in [-0.25, -0.2) is 9.37 Å². The highest BCUT2D eigenvalue weighted by Gasteiger charge is 2.39. The molecule has 3 aromatic carbocycles. The van der Waals surface area contributed by atoms with Crippen molar-refractivity contribution >= 4 is 0 Å². The van der Waals surface area contributed by atoms with Crippen LogP contribution in [0.4, 0.5) is 35.1 Å². The first-order chi connectivity index (χ1) is 20.9. The molecule has 1 aromatic heterocycles. The first-order valence-electron chi connectivity index (χ1n) is 13.7. The summed E-state index contributed by atoms with van der Waals surface area (Å²) >= 11 is 0. The van der Waals surface area contributed by atoms with Crippen molar-refractivity contribution < 1.29 is 44.6 Å². The van der Waals surface area contributed by atoms with E-state index in [1.54, 1.807) is 35.2 Å². The van der Waals surface area contributed by atoms with E-state index in [1.807, 2.05) is 6.92 Å². The van der Waals surface area contributed by atoms with Crippen molar-refractivity contribution in [1.82, 2.24) is 14.5 Å². The Morgan fingerprint density at radius 1 is 0.818 bits per heavy atom. The van der Waals surface area contributed by atoms with Gasteiger partial charge in [-0.15, -0.1) is 0 Å². The molecule has 0 saturated heterocycles. The van der Waals surface area contributed by atoms with Crippen molar-refractivity contribution in [3.05, 3.63) is 101 Å². The van der Waals surface area contributed by atoms with Gasteiger partial charge in [0.15, 0.2) is 17.3 Å². The van der Waals surface area contributed by atoms with Gasteiger partial charge in [-0.05, 0) is 41.8 Å². The van der Waals surface area contributed by atoms with Gasteiger partial charge in [0.1, 0.15) is 11.6 Å². The van der Waals surface area contributed by atoms with Gasteiger partial charge in [0.05, 0.1) is 5.69 Å². The van der Waals surface area contributed by atoms with Gasteiger partial charge in [0.25, 0.3) is 0 Å². The molecule has 0 amide bonds. The minimum atomic E-state index is -4.80. The summed E-state index contributed by atoms with van der Waals surface area (Å²) in [5.74, 6) is -1.69. The average Bonchev–Trinajstić information content (AvgIpc) is 3.33. The van der Waals surface area contributed by atoms with E-state index >= 15 is 0 Å². The monoisotopic (exact) mass is 627 g/mol. The number of unbranched alkanes of at least 4 members (excludes halogenated alkanes) is 1. The van der Waals surface area contributed by atoms with E-state index < -0.39 is 36.7 Å². The van der Waals surface area contributed by atoms with Gasteiger partial charge in [0.2, 0.25) is 0 Å². The lowest BCUT2D eigenvalue weighted by Gasteiger charge is -2.25. The van der Waals surface area contributed by atoms with Crippen LogP contribution in [0.1, 0.15) is 42.3 Å². The van der Waals surface area contributed by atoms with Crippen LogP contribution in [-0.2, 0) is 32.4 Å². The molecule has 0 aliphatic carbocycles. The van der Waals surface area contributed by atoms with E-state index in [9.17, 15) is 35.1 Å². The first-order valence-corrected chi connectivity index (χ1v) is 13.7. The van der Waals surface area contributed by atoms with E-state index in [4.69, 9.17) is 0 Å². The molecule has 0 unspecified atom stereocenters. The van der Waals surface area contributed by atoms with Gasteiger partial charge in [-0.1, -0.05) is 61.9 Å². The normalized spacial score (nSPS) is 12.0. The summed E-state index contributed by atoms with van der Waals surface area (Å²) < 4.78 is 118. The minimum absolute atomic E-state index is 0.0167. The molecule has 0 N–H and O–H groups in total. The number of rotatable bonds is 14. The van der Waals surface area contributed by atoms with Crippen LogP contribution in [0.2, 0.25) is 0 Å². The second kappa shape index (κ2) is 14.6. The molecule has 236 valence electrons. The predicted molar refractivity (Wildman–Crippen MR) is 147 cm³/mol. The van der Waals surface area contributed by atoms with E-state index in [-0.39, 0.29) is 49.0 Å². The van der Waals surface area contributed by atoms with Crippen LogP contribution in [0.15, 0.2) is 72.8 Å². The molecule has 0 fully saturated rings. The van der Waals surface area contributed by atoms with Crippen molar-refractivity contribution in [3.8, 4) is 22.9 Å². The van der Waals surface area contributed by atoms with Crippen LogP contribution in [0.5, 0.6) is 11.5 Å². The molecular formula is C31H29F8N3O2. The fraction of sp³-hybridized carbons (Fsp3) is 0.323. The van der Waals surface area contributed by atoms with Crippen LogP contribution in [0.3, 0.4) is 0 Å². The lowest BCUT2D eigenvalue weighted by atomic mass is 10.1. The van der Waals surface area contributed by atoms with E-state index in [2.05, 4.69) is 14.5 Å². The lowest BCUT2D eigenvalue weighted by molar-refractivity contribution is -0.141. The molecular weight excluding hydrogens is 598 g/mol. The second-order valence-corrected chi connectivity index (χ2v) is 9.91. The fourth-order valence-electron chi connectivity index (χ4n) is 4.74. The van der Waals surface area contributed by atoms with E-state index in [0.717, 1.165) is 12.1 Å². The maximum atomic E-state index is 14.6. The summed E-state index contributed by atoms with van der Waals surface area (Å²) in [6.07, 6.45) is -3.52. The van der Waals surface area contributed by atoms with Crippen LogP contribution in [0.25, 0.3) is 11.4 Å². The third-order valence-electron chi connectivity index (χ3n) is 6.65. The predicted octanol–water partition coefficient (Wildman–Crippen LogP) is 8.91. The Kier molecular flexibility index (Phi) is 10.8. The molecule has 4 rings (SSSR count). The molecule has 44 heavy (non-hydrogen) atoms. The van der Waals surface area contributed by atoms with Gasteiger partial charge in [-0.3, -0.25) is 4.90 Å². The number of benzene rings is 3. The molecule has 0 bridgehead atoms. The van der Waals surface area contributed by atoms with Crippen LogP contribution in [-0.4, -0.2) is 27.7 Å². The molecule has 0 spiro atoms. The van der Waals surface area contributed by atoms with Crippen LogP contribution < -0.4 is 9.47 Å². The van der Waals surface area contributed by atoms with E-state index in [0.29, 0.717) is 24.0 Å². The standard InChI is InChI=1S/C31H29F8N3O2/c1-2-3-15-42-25(27(31(37,38)39)40-28(42)22-7-5-4-6-8-22)19-41(17-20-9-12-23(13-10-20)43-29(33)34)18-21-11-14-26(24(32)16-21)44-30(35)36/h4-14,16,29-30H,2-3,15,17-19H2,1H3. The Morgan fingerprint density at radius 3 is 2.05 bits per heavy atom.